The summed E-state index contributed by atoms with van der Waals surface area (Å²) in [6.45, 7) is 1.73. The van der Waals surface area contributed by atoms with Gasteiger partial charge in [0, 0.05) is 12.2 Å². The number of fused-ring (bicyclic) bond motifs is 1. The van der Waals surface area contributed by atoms with Gasteiger partial charge in [-0.2, -0.15) is 0 Å². The van der Waals surface area contributed by atoms with Crippen LogP contribution in [0.3, 0.4) is 0 Å². The Morgan fingerprint density at radius 3 is 2.29 bits per heavy atom. The summed E-state index contributed by atoms with van der Waals surface area (Å²) >= 11 is 0. The molecule has 2 aromatic carbocycles. The summed E-state index contributed by atoms with van der Waals surface area (Å²) in [6.07, 6.45) is -0.00587. The lowest BCUT2D eigenvalue weighted by atomic mass is 10.0. The third kappa shape index (κ3) is 6.17. The van der Waals surface area contributed by atoms with Crippen LogP contribution < -0.4 is 15.8 Å². The number of ether oxygens (including phenoxy) is 3. The van der Waals surface area contributed by atoms with Gasteiger partial charge in [0.15, 0.2) is 6.61 Å². The van der Waals surface area contributed by atoms with Crippen LogP contribution >= 0.6 is 0 Å². The Balaban J connectivity index is 1.98. The summed E-state index contributed by atoms with van der Waals surface area (Å²) in [5, 5.41) is 2.73. The Kier molecular flexibility index (Phi) is 9.20. The molecule has 0 spiro atoms. The predicted octanol–water partition coefficient (Wildman–Crippen LogP) is 1.52. The van der Waals surface area contributed by atoms with Crippen molar-refractivity contribution in [3.63, 3.8) is 0 Å². The van der Waals surface area contributed by atoms with E-state index in [2.05, 4.69) is 14.8 Å². The Hall–Kier alpha value is -4.67. The summed E-state index contributed by atoms with van der Waals surface area (Å²) in [5.41, 5.74) is 7.68. The number of amides is 2. The van der Waals surface area contributed by atoms with Crippen molar-refractivity contribution < 1.29 is 38.2 Å². The van der Waals surface area contributed by atoms with E-state index in [-0.39, 0.29) is 11.3 Å². The zero-order valence-corrected chi connectivity index (χ0v) is 21.3. The first-order valence-electron chi connectivity index (χ1n) is 11.8. The minimum atomic E-state index is -1.27. The van der Waals surface area contributed by atoms with E-state index in [1.807, 2.05) is 41.8 Å². The number of nitrogens with two attached hydrogens (primary N) is 1. The number of hydrogen-bond donors (Lipinski definition) is 2. The summed E-state index contributed by atoms with van der Waals surface area (Å²) in [6, 6.07) is 13.3. The number of primary amides is 1. The molecule has 3 N–H and O–H groups in total. The molecule has 0 aliphatic carbocycles. The SMILES string of the molecule is CCc1c(C(=O)C(N)=O)c2c(OCC(=O)NC(CC(=O)OC)C(=O)OC)cccc2n1Cc1ccccc1. The second kappa shape index (κ2) is 12.5. The standard InChI is InChI=1S/C27H29N3O8/c1-4-18-24(25(33)26(28)34)23-19(30(18)14-16-9-6-5-7-10-16)11-8-12-20(23)38-15-21(31)29-17(27(35)37-3)13-22(32)36-2/h5-12,17H,4,13-15H2,1-3H3,(H2,28,34)(H,29,31). The number of nitrogens with one attached hydrogen (secondary N) is 1. The van der Waals surface area contributed by atoms with Crippen LogP contribution in [0.4, 0.5) is 0 Å². The molecule has 0 aliphatic heterocycles. The summed E-state index contributed by atoms with van der Waals surface area (Å²) < 4.78 is 16.9. The van der Waals surface area contributed by atoms with E-state index in [0.717, 1.165) is 19.8 Å². The molecule has 3 rings (SSSR count). The van der Waals surface area contributed by atoms with Gasteiger partial charge >= 0.3 is 11.9 Å². The maximum Gasteiger partial charge on any atom is 0.328 e. The van der Waals surface area contributed by atoms with Crippen LogP contribution in [-0.2, 0) is 41.6 Å². The lowest BCUT2D eigenvalue weighted by molar-refractivity contribution is -0.150. The van der Waals surface area contributed by atoms with E-state index in [1.54, 1.807) is 18.2 Å². The Morgan fingerprint density at radius 2 is 1.68 bits per heavy atom. The number of esters is 2. The van der Waals surface area contributed by atoms with Crippen molar-refractivity contribution in [3.8, 4) is 5.75 Å². The normalized spacial score (nSPS) is 11.4. The number of rotatable bonds is 12. The number of aromatic nitrogens is 1. The molecular weight excluding hydrogens is 494 g/mol. The van der Waals surface area contributed by atoms with Gasteiger partial charge in [-0.3, -0.25) is 19.2 Å². The maximum atomic E-state index is 13.0. The molecule has 11 heteroatoms. The first kappa shape index (κ1) is 27.9. The lowest BCUT2D eigenvalue weighted by Gasteiger charge is -2.16. The van der Waals surface area contributed by atoms with Gasteiger partial charge in [-0.1, -0.05) is 43.3 Å². The number of carbonyl (C=O) groups excluding carboxylic acids is 5. The molecule has 2 amide bonds. The van der Waals surface area contributed by atoms with Crippen LogP contribution in [0.5, 0.6) is 5.75 Å². The van der Waals surface area contributed by atoms with Crippen LogP contribution in [0, 0.1) is 0 Å². The zero-order valence-electron chi connectivity index (χ0n) is 21.3. The molecule has 1 unspecified atom stereocenters. The van der Waals surface area contributed by atoms with Gasteiger partial charge in [0.2, 0.25) is 0 Å². The average Bonchev–Trinajstić information content (AvgIpc) is 3.24. The third-order valence-electron chi connectivity index (χ3n) is 5.91. The number of methoxy groups -OCH3 is 2. The topological polar surface area (TPSA) is 156 Å². The Morgan fingerprint density at radius 1 is 0.974 bits per heavy atom. The zero-order chi connectivity index (χ0) is 27.8. The molecule has 0 radical (unpaired) electrons. The highest BCUT2D eigenvalue weighted by molar-refractivity contribution is 6.45. The van der Waals surface area contributed by atoms with Crippen LogP contribution in [0.1, 0.15) is 35.0 Å². The first-order chi connectivity index (χ1) is 18.2. The second-order valence-electron chi connectivity index (χ2n) is 8.30. The van der Waals surface area contributed by atoms with Gasteiger partial charge in [0.1, 0.15) is 11.8 Å². The van der Waals surface area contributed by atoms with Crippen molar-refractivity contribution in [2.75, 3.05) is 20.8 Å². The number of hydrogen-bond acceptors (Lipinski definition) is 8. The van der Waals surface area contributed by atoms with Crippen molar-refractivity contribution in [2.24, 2.45) is 5.73 Å². The highest BCUT2D eigenvalue weighted by Crippen LogP contribution is 2.35. The quantitative estimate of drug-likeness (QED) is 0.206. The molecule has 0 saturated carbocycles. The summed E-state index contributed by atoms with van der Waals surface area (Å²) in [4.78, 5) is 61.1. The monoisotopic (exact) mass is 523 g/mol. The van der Waals surface area contributed by atoms with Crippen molar-refractivity contribution in [3.05, 3.63) is 65.4 Å². The Bertz CT molecular complexity index is 1360. The van der Waals surface area contributed by atoms with Gasteiger partial charge in [-0.05, 0) is 24.1 Å². The van der Waals surface area contributed by atoms with Crippen LogP contribution in [-0.4, -0.2) is 61.0 Å². The minimum absolute atomic E-state index is 0.111. The molecule has 0 aliphatic rings. The molecule has 1 aromatic heterocycles. The van der Waals surface area contributed by atoms with Gasteiger partial charge in [-0.15, -0.1) is 0 Å². The average molecular weight is 524 g/mol. The first-order valence-corrected chi connectivity index (χ1v) is 11.8. The molecule has 0 saturated heterocycles. The fourth-order valence-corrected chi connectivity index (χ4v) is 4.19. The van der Waals surface area contributed by atoms with E-state index < -0.39 is 48.6 Å². The maximum absolute atomic E-state index is 13.0. The van der Waals surface area contributed by atoms with Crippen molar-refractivity contribution in [1.29, 1.82) is 0 Å². The second-order valence-corrected chi connectivity index (χ2v) is 8.30. The van der Waals surface area contributed by atoms with Crippen LogP contribution in [0.25, 0.3) is 10.9 Å². The van der Waals surface area contributed by atoms with E-state index in [1.165, 1.54) is 0 Å². The van der Waals surface area contributed by atoms with Crippen molar-refractivity contribution in [1.82, 2.24) is 9.88 Å². The molecule has 11 nitrogen and oxygen atoms in total. The predicted molar refractivity (Wildman–Crippen MR) is 136 cm³/mol. The highest BCUT2D eigenvalue weighted by atomic mass is 16.5. The fourth-order valence-electron chi connectivity index (χ4n) is 4.19. The number of Topliss-reactive ketones (excluding diaryl/α,β-unsaturated/α-hetero) is 1. The van der Waals surface area contributed by atoms with E-state index >= 15 is 0 Å². The Labute approximate surface area is 218 Å². The fraction of sp³-hybridized carbons (Fsp3) is 0.296. The molecule has 1 heterocycles. The summed E-state index contributed by atoms with van der Waals surface area (Å²) in [7, 11) is 2.28. The van der Waals surface area contributed by atoms with Gasteiger partial charge in [0.25, 0.3) is 17.6 Å². The third-order valence-corrected chi connectivity index (χ3v) is 5.91. The molecule has 3 aromatic rings. The highest BCUT2D eigenvalue weighted by Gasteiger charge is 2.28. The number of ketones is 1. The van der Waals surface area contributed by atoms with E-state index in [4.69, 9.17) is 10.5 Å². The van der Waals surface area contributed by atoms with Gasteiger partial charge in [0.05, 0.1) is 37.1 Å². The molecule has 38 heavy (non-hydrogen) atoms. The molecule has 1 atom stereocenters. The number of carbonyl (C=O) groups is 5. The van der Waals surface area contributed by atoms with E-state index in [9.17, 15) is 24.0 Å². The lowest BCUT2D eigenvalue weighted by Crippen LogP contribution is -2.44. The smallest absolute Gasteiger partial charge is 0.328 e. The van der Waals surface area contributed by atoms with Crippen LogP contribution in [0.15, 0.2) is 48.5 Å². The number of nitrogens with zero attached hydrogens (tertiary/aromatic N) is 1. The van der Waals surface area contributed by atoms with E-state index in [0.29, 0.717) is 29.6 Å². The van der Waals surface area contributed by atoms with Crippen LogP contribution in [0.2, 0.25) is 0 Å². The minimum Gasteiger partial charge on any atom is -0.483 e. The van der Waals surface area contributed by atoms with Crippen molar-refractivity contribution in [2.45, 2.75) is 32.4 Å². The molecule has 0 fully saturated rings. The molecule has 0 bridgehead atoms. The molecular formula is C27H29N3O8. The summed E-state index contributed by atoms with van der Waals surface area (Å²) in [5.74, 6) is -4.08. The number of benzene rings is 2. The molecule has 200 valence electrons. The largest absolute Gasteiger partial charge is 0.483 e. The van der Waals surface area contributed by atoms with Crippen molar-refractivity contribution >= 4 is 40.4 Å². The van der Waals surface area contributed by atoms with Gasteiger partial charge < -0.3 is 29.8 Å². The van der Waals surface area contributed by atoms with Gasteiger partial charge in [-0.25, -0.2) is 4.79 Å².